The fraction of sp³-hybridized carbons (Fsp3) is 0.438. The number of rotatable bonds is 3. The Morgan fingerprint density at radius 1 is 1.26 bits per heavy atom. The van der Waals surface area contributed by atoms with E-state index in [1.165, 1.54) is 12.1 Å². The highest BCUT2D eigenvalue weighted by Crippen LogP contribution is 2.34. The minimum Gasteiger partial charge on any atom is -0.405 e. The predicted molar refractivity (Wildman–Crippen MR) is 81.1 cm³/mol. The highest BCUT2D eigenvalue weighted by Gasteiger charge is 2.48. The van der Waals surface area contributed by atoms with Crippen molar-refractivity contribution in [3.8, 4) is 5.75 Å². The van der Waals surface area contributed by atoms with E-state index in [4.69, 9.17) is 0 Å². The number of carbonyl (C=O) groups excluding carboxylic acids is 1. The number of hydrogen-bond acceptors (Lipinski definition) is 3. The predicted octanol–water partition coefficient (Wildman–Crippen LogP) is 3.59. The number of aliphatic hydroxyl groups excluding tert-OH is 1. The first-order chi connectivity index (χ1) is 12.5. The highest BCUT2D eigenvalue weighted by molar-refractivity contribution is 6.00. The fourth-order valence-electron chi connectivity index (χ4n) is 3.20. The molecule has 0 radical (unpaired) electrons. The van der Waals surface area contributed by atoms with Crippen molar-refractivity contribution in [1.82, 2.24) is 9.88 Å². The number of nitrogens with zero attached hydrogens (tertiary/aromatic N) is 1. The second-order valence-corrected chi connectivity index (χ2v) is 6.14. The lowest BCUT2D eigenvalue weighted by Gasteiger charge is -2.29. The number of halogens is 6. The standard InChI is InChI=1S/C16H14F6N2O3/c17-15(18,19)13(25)11-4-2-6-24(11)14(26)10-7-8-9(23-10)3-1-5-12(8)27-16(20,21)22/h1,3,5,7,11,13,23,25H,2,4,6H2/t11-,13-/m0/s1. The van der Waals surface area contributed by atoms with Crippen molar-refractivity contribution in [2.75, 3.05) is 6.54 Å². The van der Waals surface area contributed by atoms with Gasteiger partial charge in [0.2, 0.25) is 0 Å². The van der Waals surface area contributed by atoms with Crippen molar-refractivity contribution in [3.63, 3.8) is 0 Å². The van der Waals surface area contributed by atoms with Gasteiger partial charge in [0.15, 0.2) is 6.10 Å². The normalized spacial score (nSPS) is 19.5. The SMILES string of the molecule is O=C(c1cc2c(OC(F)(F)F)cccc2[nH]1)N1CCC[C@H]1[C@H](O)C(F)(F)F. The molecular weight excluding hydrogens is 382 g/mol. The largest absolute Gasteiger partial charge is 0.573 e. The molecule has 1 fully saturated rings. The molecule has 0 bridgehead atoms. The first-order valence-electron chi connectivity index (χ1n) is 7.90. The van der Waals surface area contributed by atoms with Gasteiger partial charge in [0.1, 0.15) is 11.4 Å². The molecule has 2 atom stereocenters. The number of carbonyl (C=O) groups is 1. The summed E-state index contributed by atoms with van der Waals surface area (Å²) in [7, 11) is 0. The van der Waals surface area contributed by atoms with Crippen LogP contribution < -0.4 is 4.74 Å². The lowest BCUT2D eigenvalue weighted by molar-refractivity contribution is -0.274. The summed E-state index contributed by atoms with van der Waals surface area (Å²) in [6.45, 7) is -0.00207. The van der Waals surface area contributed by atoms with Crippen molar-refractivity contribution >= 4 is 16.8 Å². The monoisotopic (exact) mass is 396 g/mol. The molecule has 0 spiro atoms. The molecule has 1 aliphatic rings. The molecular formula is C16H14F6N2O3. The van der Waals surface area contributed by atoms with Crippen LogP contribution in [0.4, 0.5) is 26.3 Å². The van der Waals surface area contributed by atoms with E-state index in [1.807, 2.05) is 0 Å². The van der Waals surface area contributed by atoms with Crippen LogP contribution in [0.25, 0.3) is 10.9 Å². The van der Waals surface area contributed by atoms with Gasteiger partial charge in [0.25, 0.3) is 5.91 Å². The molecule has 0 unspecified atom stereocenters. The van der Waals surface area contributed by atoms with Crippen LogP contribution in [0.3, 0.4) is 0 Å². The number of amides is 1. The van der Waals surface area contributed by atoms with Crippen molar-refractivity contribution in [2.45, 2.75) is 37.5 Å². The number of aromatic amines is 1. The minimum absolute atomic E-state index is 0.00207. The third-order valence-corrected chi connectivity index (χ3v) is 4.34. The number of nitrogens with one attached hydrogen (secondary N) is 1. The summed E-state index contributed by atoms with van der Waals surface area (Å²) in [6.07, 6.45) is -12.3. The minimum atomic E-state index is -4.94. The van der Waals surface area contributed by atoms with Crippen LogP contribution in [0.15, 0.2) is 24.3 Å². The average molecular weight is 396 g/mol. The second kappa shape index (κ2) is 6.63. The maximum atomic E-state index is 12.8. The number of hydrogen-bond donors (Lipinski definition) is 2. The Hall–Kier alpha value is -2.43. The fourth-order valence-corrected chi connectivity index (χ4v) is 3.20. The first-order valence-corrected chi connectivity index (χ1v) is 7.90. The van der Waals surface area contributed by atoms with Gasteiger partial charge in [-0.05, 0) is 31.0 Å². The molecule has 0 aliphatic carbocycles. The zero-order valence-corrected chi connectivity index (χ0v) is 13.6. The summed E-state index contributed by atoms with van der Waals surface area (Å²) in [5, 5.41) is 9.45. The van der Waals surface area contributed by atoms with Crippen LogP contribution in [0.5, 0.6) is 5.75 Å². The van der Waals surface area contributed by atoms with E-state index in [2.05, 4.69) is 9.72 Å². The quantitative estimate of drug-likeness (QED) is 0.780. The van der Waals surface area contributed by atoms with Crippen LogP contribution in [0.1, 0.15) is 23.3 Å². The molecule has 0 saturated carbocycles. The lowest BCUT2D eigenvalue weighted by Crippen LogP contribution is -2.49. The lowest BCUT2D eigenvalue weighted by atomic mass is 10.1. The summed E-state index contributed by atoms with van der Waals surface area (Å²) < 4.78 is 79.8. The maximum absolute atomic E-state index is 12.8. The Balaban J connectivity index is 1.91. The molecule has 2 aromatic rings. The Morgan fingerprint density at radius 3 is 2.59 bits per heavy atom. The molecule has 148 valence electrons. The Bertz CT molecular complexity index is 845. The summed E-state index contributed by atoms with van der Waals surface area (Å²) in [5.74, 6) is -1.38. The second-order valence-electron chi connectivity index (χ2n) is 6.14. The summed E-state index contributed by atoms with van der Waals surface area (Å²) >= 11 is 0. The summed E-state index contributed by atoms with van der Waals surface area (Å²) in [6, 6.07) is 3.38. The van der Waals surface area contributed by atoms with Gasteiger partial charge in [0.05, 0.1) is 6.04 Å². The number of alkyl halides is 6. The van der Waals surface area contributed by atoms with Gasteiger partial charge in [-0.25, -0.2) is 0 Å². The number of fused-ring (bicyclic) bond motifs is 1. The first kappa shape index (κ1) is 19.3. The number of H-pyrrole nitrogens is 1. The molecule has 11 heteroatoms. The summed E-state index contributed by atoms with van der Waals surface area (Å²) in [5.41, 5.74) is -0.0308. The molecule has 27 heavy (non-hydrogen) atoms. The topological polar surface area (TPSA) is 65.6 Å². The van der Waals surface area contributed by atoms with Gasteiger partial charge in [-0.2, -0.15) is 13.2 Å². The smallest absolute Gasteiger partial charge is 0.405 e. The van der Waals surface area contributed by atoms with Crippen molar-refractivity contribution < 1.29 is 41.0 Å². The van der Waals surface area contributed by atoms with Crippen molar-refractivity contribution in [2.24, 2.45) is 0 Å². The number of likely N-dealkylation sites (tertiary alicyclic amines) is 1. The number of aromatic nitrogens is 1. The van der Waals surface area contributed by atoms with Gasteiger partial charge in [-0.3, -0.25) is 4.79 Å². The number of aliphatic hydroxyl groups is 1. The molecule has 1 amide bonds. The maximum Gasteiger partial charge on any atom is 0.573 e. The van der Waals surface area contributed by atoms with Crippen LogP contribution >= 0.6 is 0 Å². The Kier molecular flexibility index (Phi) is 4.74. The van der Waals surface area contributed by atoms with Gasteiger partial charge in [-0.15, -0.1) is 13.2 Å². The van der Waals surface area contributed by atoms with Crippen LogP contribution in [0.2, 0.25) is 0 Å². The van der Waals surface area contributed by atoms with Crippen molar-refractivity contribution in [3.05, 3.63) is 30.0 Å². The van der Waals surface area contributed by atoms with Crippen LogP contribution in [-0.2, 0) is 0 Å². The number of ether oxygens (including phenoxy) is 1. The van der Waals surface area contributed by atoms with E-state index >= 15 is 0 Å². The van der Waals surface area contributed by atoms with Crippen molar-refractivity contribution in [1.29, 1.82) is 0 Å². The van der Waals surface area contributed by atoms with E-state index in [-0.39, 0.29) is 36.0 Å². The van der Waals surface area contributed by atoms with Crippen LogP contribution in [-0.4, -0.2) is 52.1 Å². The molecule has 2 heterocycles. The van der Waals surface area contributed by atoms with E-state index in [0.29, 0.717) is 0 Å². The zero-order valence-electron chi connectivity index (χ0n) is 13.6. The third kappa shape index (κ3) is 3.97. The highest BCUT2D eigenvalue weighted by atomic mass is 19.4. The molecule has 1 aromatic heterocycles. The zero-order chi connectivity index (χ0) is 20.0. The molecule has 5 nitrogen and oxygen atoms in total. The van der Waals surface area contributed by atoms with E-state index in [0.717, 1.165) is 17.0 Å². The Labute approximate surface area is 148 Å². The van der Waals surface area contributed by atoms with Gasteiger partial charge < -0.3 is 19.7 Å². The molecule has 2 N–H and O–H groups in total. The van der Waals surface area contributed by atoms with Gasteiger partial charge in [-0.1, -0.05) is 6.07 Å². The van der Waals surface area contributed by atoms with E-state index < -0.39 is 36.3 Å². The number of benzene rings is 1. The molecule has 3 rings (SSSR count). The summed E-state index contributed by atoms with van der Waals surface area (Å²) in [4.78, 5) is 16.1. The van der Waals surface area contributed by atoms with Crippen LogP contribution in [0, 0.1) is 0 Å². The average Bonchev–Trinajstić information content (AvgIpc) is 3.18. The molecule has 1 saturated heterocycles. The molecule has 1 aliphatic heterocycles. The van der Waals surface area contributed by atoms with E-state index in [9.17, 15) is 36.2 Å². The van der Waals surface area contributed by atoms with Gasteiger partial charge in [0, 0.05) is 17.4 Å². The van der Waals surface area contributed by atoms with Gasteiger partial charge >= 0.3 is 12.5 Å². The molecule has 1 aromatic carbocycles. The van der Waals surface area contributed by atoms with E-state index in [1.54, 1.807) is 0 Å². The Morgan fingerprint density at radius 2 is 1.96 bits per heavy atom. The third-order valence-electron chi connectivity index (χ3n) is 4.34.